The smallest absolute Gasteiger partial charge is 0.340 e. The lowest BCUT2D eigenvalue weighted by Gasteiger charge is -2.18. The second kappa shape index (κ2) is 8.80. The van der Waals surface area contributed by atoms with Crippen LogP contribution in [0.3, 0.4) is 0 Å². The summed E-state index contributed by atoms with van der Waals surface area (Å²) in [7, 11) is -4.16. The fourth-order valence-electron chi connectivity index (χ4n) is 3.03. The van der Waals surface area contributed by atoms with E-state index in [1.165, 1.54) is 17.3 Å². The largest absolute Gasteiger partial charge is 0.467 e. The van der Waals surface area contributed by atoms with Gasteiger partial charge in [-0.2, -0.15) is 0 Å². The fraction of sp³-hybridized carbons (Fsp3) is 0.353. The molecule has 1 aromatic heterocycles. The molecule has 0 bridgehead atoms. The number of nitrogens with two attached hydrogens (primary N) is 1. The van der Waals surface area contributed by atoms with Crippen molar-refractivity contribution in [2.24, 2.45) is 10.4 Å². The molecule has 156 valence electrons. The Hall–Kier alpha value is -2.63. The number of nitrogens with one attached hydrogen (secondary N) is 1. The summed E-state index contributed by atoms with van der Waals surface area (Å²) in [5.41, 5.74) is 0.189. The van der Waals surface area contributed by atoms with Crippen molar-refractivity contribution in [1.29, 1.82) is 0 Å². The average Bonchev–Trinajstić information content (AvgIpc) is 3.34. The molecule has 1 aliphatic heterocycles. The summed E-state index contributed by atoms with van der Waals surface area (Å²) in [4.78, 5) is 23.1. The Morgan fingerprint density at radius 2 is 2.24 bits per heavy atom. The first-order valence-electron chi connectivity index (χ1n) is 8.69. The zero-order valence-corrected chi connectivity index (χ0v) is 16.8. The molecule has 2 heterocycles. The number of halogens is 1. The quantitative estimate of drug-likeness (QED) is 0.468. The number of rotatable bonds is 8. The maximum Gasteiger partial charge on any atom is 0.340 e. The first-order valence-corrected chi connectivity index (χ1v) is 10.6. The molecule has 1 aliphatic rings. The van der Waals surface area contributed by atoms with Crippen LogP contribution in [0.5, 0.6) is 0 Å². The fourth-order valence-corrected chi connectivity index (χ4v) is 4.13. The molecule has 1 aromatic carbocycles. The maximum absolute atomic E-state index is 12.7. The highest BCUT2D eigenvalue weighted by atomic mass is 35.5. The minimum Gasteiger partial charge on any atom is -0.467 e. The van der Waals surface area contributed by atoms with E-state index >= 15 is 0 Å². The second-order valence-electron chi connectivity index (χ2n) is 6.45. The predicted octanol–water partition coefficient (Wildman–Crippen LogP) is 2.50. The molecule has 0 saturated carbocycles. The number of furan rings is 1. The molecule has 0 spiro atoms. The van der Waals surface area contributed by atoms with Crippen LogP contribution in [0, 0.1) is 4.91 Å². The molecule has 0 radical (unpaired) electrons. The van der Waals surface area contributed by atoms with Crippen LogP contribution in [0.25, 0.3) is 0 Å². The third-order valence-corrected chi connectivity index (χ3v) is 5.86. The molecule has 1 unspecified atom stereocenters. The lowest BCUT2D eigenvalue weighted by molar-refractivity contribution is 0.0399. The maximum atomic E-state index is 12.7. The van der Waals surface area contributed by atoms with Gasteiger partial charge in [0.2, 0.25) is 10.0 Å². The number of anilines is 1. The Bertz CT molecular complexity index is 996. The second-order valence-corrected chi connectivity index (χ2v) is 8.38. The summed E-state index contributed by atoms with van der Waals surface area (Å²) < 4.78 is 34.1. The Kier molecular flexibility index (Phi) is 6.40. The SMILES string of the molecule is NS(=O)(=O)c1cc(C(=O)OCC2CCCN2N=O)c(NCc2ccco2)cc1Cl. The van der Waals surface area contributed by atoms with Gasteiger partial charge in [-0.05, 0) is 37.1 Å². The van der Waals surface area contributed by atoms with E-state index in [9.17, 15) is 18.1 Å². The van der Waals surface area contributed by atoms with Gasteiger partial charge in [-0.25, -0.2) is 18.4 Å². The number of nitroso groups, excluding NO2 is 1. The van der Waals surface area contributed by atoms with E-state index < -0.39 is 20.9 Å². The van der Waals surface area contributed by atoms with E-state index in [-0.39, 0.29) is 35.5 Å². The van der Waals surface area contributed by atoms with Gasteiger partial charge in [-0.15, -0.1) is 4.91 Å². The van der Waals surface area contributed by atoms with Crippen LogP contribution >= 0.6 is 11.6 Å². The highest BCUT2D eigenvalue weighted by molar-refractivity contribution is 7.89. The minimum atomic E-state index is -4.16. The highest BCUT2D eigenvalue weighted by Gasteiger charge is 2.27. The molecule has 0 amide bonds. The van der Waals surface area contributed by atoms with Crippen molar-refractivity contribution >= 4 is 33.3 Å². The molecule has 3 rings (SSSR count). The van der Waals surface area contributed by atoms with E-state index in [1.54, 1.807) is 12.1 Å². The molecule has 2 aromatic rings. The number of hydrogen-bond donors (Lipinski definition) is 2. The van der Waals surface area contributed by atoms with Crippen molar-refractivity contribution in [3.63, 3.8) is 0 Å². The summed E-state index contributed by atoms with van der Waals surface area (Å²) in [5.74, 6) is -0.194. The van der Waals surface area contributed by atoms with E-state index in [0.717, 1.165) is 12.5 Å². The number of ether oxygens (including phenoxy) is 1. The normalized spacial score (nSPS) is 16.6. The molecule has 3 N–H and O–H groups in total. The van der Waals surface area contributed by atoms with Gasteiger partial charge >= 0.3 is 5.97 Å². The van der Waals surface area contributed by atoms with Crippen LogP contribution < -0.4 is 10.5 Å². The van der Waals surface area contributed by atoms with E-state index in [0.29, 0.717) is 18.7 Å². The Labute approximate surface area is 171 Å². The topological polar surface area (TPSA) is 144 Å². The zero-order valence-electron chi connectivity index (χ0n) is 15.2. The lowest BCUT2D eigenvalue weighted by Crippen LogP contribution is -2.29. The van der Waals surface area contributed by atoms with Crippen molar-refractivity contribution < 1.29 is 22.4 Å². The molecule has 29 heavy (non-hydrogen) atoms. The monoisotopic (exact) mass is 442 g/mol. The van der Waals surface area contributed by atoms with Crippen LogP contribution in [0.1, 0.15) is 29.0 Å². The first kappa shape index (κ1) is 21.1. The van der Waals surface area contributed by atoms with E-state index in [1.807, 2.05) is 0 Å². The van der Waals surface area contributed by atoms with Crippen molar-refractivity contribution in [3.8, 4) is 0 Å². The molecule has 1 fully saturated rings. The number of nitrogens with zero attached hydrogens (tertiary/aromatic N) is 2. The van der Waals surface area contributed by atoms with Gasteiger partial charge in [0, 0.05) is 6.54 Å². The molecular weight excluding hydrogens is 424 g/mol. The van der Waals surface area contributed by atoms with Crippen molar-refractivity contribution in [3.05, 3.63) is 51.8 Å². The van der Waals surface area contributed by atoms with Gasteiger partial charge in [0.05, 0.1) is 40.4 Å². The van der Waals surface area contributed by atoms with E-state index in [4.69, 9.17) is 25.9 Å². The van der Waals surface area contributed by atoms with Crippen LogP contribution in [0.4, 0.5) is 5.69 Å². The third kappa shape index (κ3) is 5.05. The van der Waals surface area contributed by atoms with Crippen LogP contribution in [0.2, 0.25) is 5.02 Å². The van der Waals surface area contributed by atoms with Crippen molar-refractivity contribution in [2.75, 3.05) is 18.5 Å². The summed E-state index contributed by atoms with van der Waals surface area (Å²) in [6.45, 7) is 0.664. The summed E-state index contributed by atoms with van der Waals surface area (Å²) >= 11 is 6.04. The van der Waals surface area contributed by atoms with Crippen LogP contribution in [-0.2, 0) is 21.3 Å². The Balaban J connectivity index is 1.84. The van der Waals surface area contributed by atoms with Gasteiger partial charge in [-0.1, -0.05) is 11.6 Å². The molecule has 12 heteroatoms. The Morgan fingerprint density at radius 3 is 2.90 bits per heavy atom. The molecular formula is C17H19ClN4O6S. The number of carbonyl (C=O) groups is 1. The standard InChI is InChI=1S/C17H19ClN4O6S/c18-14-8-15(20-9-12-4-2-6-27-12)13(7-16(14)29(19,25)26)17(23)28-10-11-3-1-5-22(11)21-24/h2,4,6-8,11,20H,1,3,5,9-10H2,(H2,19,25,26). The highest BCUT2D eigenvalue weighted by Crippen LogP contribution is 2.29. The van der Waals surface area contributed by atoms with E-state index in [2.05, 4.69) is 10.6 Å². The average molecular weight is 443 g/mol. The number of esters is 1. The van der Waals surface area contributed by atoms with Gasteiger partial charge in [-0.3, -0.25) is 5.01 Å². The van der Waals surface area contributed by atoms with Gasteiger partial charge in [0.25, 0.3) is 0 Å². The molecule has 1 saturated heterocycles. The van der Waals surface area contributed by atoms with Crippen LogP contribution in [0.15, 0.2) is 45.1 Å². The molecule has 1 atom stereocenters. The lowest BCUT2D eigenvalue weighted by atomic mass is 10.1. The summed E-state index contributed by atoms with van der Waals surface area (Å²) in [6.07, 6.45) is 2.92. The number of benzene rings is 1. The molecule has 0 aliphatic carbocycles. The summed E-state index contributed by atoms with van der Waals surface area (Å²) in [5, 5.41) is 12.2. The summed E-state index contributed by atoms with van der Waals surface area (Å²) in [6, 6.07) is 5.47. The zero-order chi connectivity index (χ0) is 21.0. The minimum absolute atomic E-state index is 0.0600. The van der Waals surface area contributed by atoms with Crippen LogP contribution in [-0.4, -0.2) is 38.6 Å². The molecule has 10 nitrogen and oxygen atoms in total. The van der Waals surface area contributed by atoms with Gasteiger partial charge in [0.15, 0.2) is 0 Å². The Morgan fingerprint density at radius 1 is 1.45 bits per heavy atom. The third-order valence-electron chi connectivity index (χ3n) is 4.49. The number of carbonyl (C=O) groups excluding carboxylic acids is 1. The van der Waals surface area contributed by atoms with Crippen molar-refractivity contribution in [2.45, 2.75) is 30.3 Å². The van der Waals surface area contributed by atoms with Gasteiger partial charge < -0.3 is 14.5 Å². The predicted molar refractivity (Wildman–Crippen MR) is 105 cm³/mol. The first-order chi connectivity index (χ1) is 13.8. The number of sulfonamides is 1. The van der Waals surface area contributed by atoms with Crippen molar-refractivity contribution in [1.82, 2.24) is 5.01 Å². The number of primary sulfonamides is 1. The van der Waals surface area contributed by atoms with Gasteiger partial charge in [0.1, 0.15) is 17.3 Å². The number of hydrogen-bond acceptors (Lipinski definition) is 8.